The van der Waals surface area contributed by atoms with Gasteiger partial charge in [-0.25, -0.2) is 0 Å². The summed E-state index contributed by atoms with van der Waals surface area (Å²) in [4.78, 5) is 13.0. The fourth-order valence-corrected chi connectivity index (χ4v) is 2.81. The van der Waals surface area contributed by atoms with Crippen LogP contribution in [0.4, 0.5) is 0 Å². The Morgan fingerprint density at radius 1 is 1.00 bits per heavy atom. The largest absolute Gasteiger partial charge is 0.269 e. The zero-order chi connectivity index (χ0) is 11.8. The SMILES string of the molecule is Cc1ccc(-n2c(=O)ccc3ccsc32)cc1. The number of pyridine rings is 1. The van der Waals surface area contributed by atoms with Crippen molar-refractivity contribution in [1.29, 1.82) is 0 Å². The van der Waals surface area contributed by atoms with Crippen LogP contribution < -0.4 is 5.56 Å². The topological polar surface area (TPSA) is 22.0 Å². The monoisotopic (exact) mass is 241 g/mol. The van der Waals surface area contributed by atoms with E-state index in [9.17, 15) is 4.79 Å². The molecule has 0 atom stereocenters. The van der Waals surface area contributed by atoms with Crippen molar-refractivity contribution in [3.63, 3.8) is 0 Å². The van der Waals surface area contributed by atoms with Crippen molar-refractivity contribution in [3.05, 3.63) is 63.8 Å². The van der Waals surface area contributed by atoms with Gasteiger partial charge in [0.2, 0.25) is 0 Å². The van der Waals surface area contributed by atoms with Crippen LogP contribution in [0, 0.1) is 6.92 Å². The summed E-state index contributed by atoms with van der Waals surface area (Å²) in [7, 11) is 0. The maximum absolute atomic E-state index is 12.0. The summed E-state index contributed by atoms with van der Waals surface area (Å²) in [6, 6.07) is 13.5. The zero-order valence-electron chi connectivity index (χ0n) is 9.38. The van der Waals surface area contributed by atoms with Gasteiger partial charge in [0.05, 0.1) is 5.69 Å². The summed E-state index contributed by atoms with van der Waals surface area (Å²) >= 11 is 1.59. The lowest BCUT2D eigenvalue weighted by Crippen LogP contribution is -2.16. The minimum Gasteiger partial charge on any atom is -0.269 e. The molecule has 0 aliphatic carbocycles. The molecule has 0 saturated heterocycles. The first-order valence-corrected chi connectivity index (χ1v) is 6.30. The molecule has 0 aliphatic rings. The third-order valence-electron chi connectivity index (χ3n) is 2.80. The van der Waals surface area contributed by atoms with E-state index >= 15 is 0 Å². The molecular formula is C14H11NOS. The van der Waals surface area contributed by atoms with Crippen molar-refractivity contribution in [1.82, 2.24) is 4.57 Å². The Labute approximate surface area is 103 Å². The molecule has 3 heteroatoms. The first kappa shape index (κ1) is 10.3. The van der Waals surface area contributed by atoms with E-state index in [0.29, 0.717) is 0 Å². The standard InChI is InChI=1S/C14H11NOS/c1-10-2-5-12(6-3-10)15-13(16)7-4-11-8-9-17-14(11)15/h2-9H,1H3. The third-order valence-corrected chi connectivity index (χ3v) is 3.71. The van der Waals surface area contributed by atoms with E-state index in [1.165, 1.54) is 5.56 Å². The summed E-state index contributed by atoms with van der Waals surface area (Å²) < 4.78 is 1.76. The molecule has 2 heterocycles. The molecule has 0 saturated carbocycles. The highest BCUT2D eigenvalue weighted by atomic mass is 32.1. The average Bonchev–Trinajstić information content (AvgIpc) is 2.79. The van der Waals surface area contributed by atoms with E-state index in [1.54, 1.807) is 22.0 Å². The van der Waals surface area contributed by atoms with E-state index in [1.807, 2.05) is 48.7 Å². The van der Waals surface area contributed by atoms with E-state index in [4.69, 9.17) is 0 Å². The molecule has 1 aromatic carbocycles. The van der Waals surface area contributed by atoms with Crippen LogP contribution in [0.3, 0.4) is 0 Å². The molecular weight excluding hydrogens is 230 g/mol. The number of aryl methyl sites for hydroxylation is 1. The summed E-state index contributed by atoms with van der Waals surface area (Å²) in [6.45, 7) is 2.04. The molecule has 3 aromatic rings. The molecule has 2 nitrogen and oxygen atoms in total. The van der Waals surface area contributed by atoms with Gasteiger partial charge in [-0.05, 0) is 36.6 Å². The van der Waals surface area contributed by atoms with Crippen molar-refractivity contribution in [2.24, 2.45) is 0 Å². The van der Waals surface area contributed by atoms with Crippen molar-refractivity contribution in [2.45, 2.75) is 6.92 Å². The molecule has 3 rings (SSSR count). The summed E-state index contributed by atoms with van der Waals surface area (Å²) in [5.74, 6) is 0. The first-order chi connectivity index (χ1) is 8.25. The van der Waals surface area contributed by atoms with E-state index < -0.39 is 0 Å². The number of hydrogen-bond donors (Lipinski definition) is 0. The van der Waals surface area contributed by atoms with Crippen LogP contribution in [0.1, 0.15) is 5.56 Å². The molecule has 17 heavy (non-hydrogen) atoms. The van der Waals surface area contributed by atoms with Crippen molar-refractivity contribution in [3.8, 4) is 5.69 Å². The van der Waals surface area contributed by atoms with Gasteiger partial charge in [0, 0.05) is 11.5 Å². The fourth-order valence-electron chi connectivity index (χ4n) is 1.89. The molecule has 0 radical (unpaired) electrons. The number of nitrogens with zero attached hydrogens (tertiary/aromatic N) is 1. The van der Waals surface area contributed by atoms with Gasteiger partial charge >= 0.3 is 0 Å². The second-order valence-corrected chi connectivity index (χ2v) is 4.92. The summed E-state index contributed by atoms with van der Waals surface area (Å²) in [5, 5.41) is 3.12. The van der Waals surface area contributed by atoms with Crippen molar-refractivity contribution in [2.75, 3.05) is 0 Å². The minimum absolute atomic E-state index is 0.0174. The molecule has 0 unspecified atom stereocenters. The van der Waals surface area contributed by atoms with Crippen LogP contribution in [0.15, 0.2) is 52.6 Å². The van der Waals surface area contributed by atoms with E-state index in [0.717, 1.165) is 15.9 Å². The minimum atomic E-state index is 0.0174. The highest BCUT2D eigenvalue weighted by molar-refractivity contribution is 7.16. The Bertz CT molecular complexity index is 722. The Hall–Kier alpha value is -1.87. The van der Waals surface area contributed by atoms with E-state index in [-0.39, 0.29) is 5.56 Å². The van der Waals surface area contributed by atoms with E-state index in [2.05, 4.69) is 0 Å². The lowest BCUT2D eigenvalue weighted by Gasteiger charge is -2.07. The van der Waals surface area contributed by atoms with Gasteiger partial charge in [-0.1, -0.05) is 17.7 Å². The lowest BCUT2D eigenvalue weighted by atomic mass is 10.2. The second kappa shape index (κ2) is 3.86. The Balaban J connectivity index is 2.36. The van der Waals surface area contributed by atoms with Crippen LogP contribution in [-0.2, 0) is 0 Å². The molecule has 0 spiro atoms. The number of hydrogen-bond acceptors (Lipinski definition) is 2. The first-order valence-electron chi connectivity index (χ1n) is 5.42. The maximum atomic E-state index is 12.0. The Morgan fingerprint density at radius 3 is 2.53 bits per heavy atom. The van der Waals surface area contributed by atoms with Gasteiger partial charge in [-0.3, -0.25) is 9.36 Å². The highest BCUT2D eigenvalue weighted by Gasteiger charge is 2.05. The van der Waals surface area contributed by atoms with Crippen LogP contribution in [-0.4, -0.2) is 4.57 Å². The van der Waals surface area contributed by atoms with Gasteiger partial charge < -0.3 is 0 Å². The average molecular weight is 241 g/mol. The van der Waals surface area contributed by atoms with Gasteiger partial charge in [-0.15, -0.1) is 11.3 Å². The Kier molecular flexibility index (Phi) is 2.34. The molecule has 0 fully saturated rings. The predicted molar refractivity (Wildman–Crippen MR) is 72.2 cm³/mol. The molecule has 0 N–H and O–H groups in total. The molecule has 0 bridgehead atoms. The van der Waals surface area contributed by atoms with Gasteiger partial charge in [0.15, 0.2) is 0 Å². The van der Waals surface area contributed by atoms with Gasteiger partial charge in [0.25, 0.3) is 5.56 Å². The van der Waals surface area contributed by atoms with Gasteiger partial charge in [-0.2, -0.15) is 0 Å². The molecule has 0 aliphatic heterocycles. The Morgan fingerprint density at radius 2 is 1.76 bits per heavy atom. The zero-order valence-corrected chi connectivity index (χ0v) is 10.2. The number of aromatic nitrogens is 1. The molecule has 2 aromatic heterocycles. The van der Waals surface area contributed by atoms with Crippen LogP contribution >= 0.6 is 11.3 Å². The normalized spacial score (nSPS) is 10.9. The third kappa shape index (κ3) is 1.68. The fraction of sp³-hybridized carbons (Fsp3) is 0.0714. The van der Waals surface area contributed by atoms with Crippen molar-refractivity contribution < 1.29 is 0 Å². The summed E-state index contributed by atoms with van der Waals surface area (Å²) in [5.41, 5.74) is 2.14. The smallest absolute Gasteiger partial charge is 0.256 e. The number of rotatable bonds is 1. The maximum Gasteiger partial charge on any atom is 0.256 e. The molecule has 0 amide bonds. The number of fused-ring (bicyclic) bond motifs is 1. The van der Waals surface area contributed by atoms with Gasteiger partial charge in [0.1, 0.15) is 4.83 Å². The van der Waals surface area contributed by atoms with Crippen molar-refractivity contribution >= 4 is 21.6 Å². The van der Waals surface area contributed by atoms with Crippen LogP contribution in [0.2, 0.25) is 0 Å². The quantitative estimate of drug-likeness (QED) is 0.640. The summed E-state index contributed by atoms with van der Waals surface area (Å²) in [6.07, 6.45) is 0. The lowest BCUT2D eigenvalue weighted by molar-refractivity contribution is 1.05. The van der Waals surface area contributed by atoms with Crippen LogP contribution in [0.25, 0.3) is 15.9 Å². The number of thiophene rings is 1. The molecule has 84 valence electrons. The number of benzene rings is 1. The second-order valence-electron chi connectivity index (χ2n) is 4.02. The highest BCUT2D eigenvalue weighted by Crippen LogP contribution is 2.21. The van der Waals surface area contributed by atoms with Crippen LogP contribution in [0.5, 0.6) is 0 Å². The predicted octanol–water partition coefficient (Wildman–Crippen LogP) is 3.36.